The molecule has 3 rings (SSSR count). The molecule has 1 heterocycles. The standard InChI is InChI=1S/C19H21FN2O3S/c1-14-13-15(20)10-11-17(14)21-19(23)18-9-5-6-12-22(18)26(24,25)16-7-3-2-4-8-16/h2-4,7-8,10-11,13,18H,5-6,9,12H2,1H3,(H,21,23)/t18-/m1/s1. The molecule has 1 N–H and O–H groups in total. The summed E-state index contributed by atoms with van der Waals surface area (Å²) in [6.07, 6.45) is 1.95. The van der Waals surface area contributed by atoms with Gasteiger partial charge in [-0.2, -0.15) is 4.31 Å². The number of hydrogen-bond donors (Lipinski definition) is 1. The zero-order valence-electron chi connectivity index (χ0n) is 14.5. The van der Waals surface area contributed by atoms with Crippen LogP contribution in [0, 0.1) is 12.7 Å². The molecule has 5 nitrogen and oxygen atoms in total. The molecule has 0 bridgehead atoms. The van der Waals surface area contributed by atoms with Crippen molar-refractivity contribution in [3.63, 3.8) is 0 Å². The molecule has 0 aromatic heterocycles. The van der Waals surface area contributed by atoms with E-state index in [-0.39, 0.29) is 16.6 Å². The fraction of sp³-hybridized carbons (Fsp3) is 0.316. The summed E-state index contributed by atoms with van der Waals surface area (Å²) in [5, 5.41) is 2.75. The fourth-order valence-electron chi connectivity index (χ4n) is 3.17. The van der Waals surface area contributed by atoms with E-state index in [0.717, 1.165) is 6.42 Å². The summed E-state index contributed by atoms with van der Waals surface area (Å²) in [5.41, 5.74) is 1.07. The molecule has 1 atom stereocenters. The SMILES string of the molecule is Cc1cc(F)ccc1NC(=O)[C@H]1CCCCN1S(=O)(=O)c1ccccc1. The number of hydrogen-bond acceptors (Lipinski definition) is 3. The highest BCUT2D eigenvalue weighted by atomic mass is 32.2. The first-order chi connectivity index (χ1) is 12.4. The van der Waals surface area contributed by atoms with Crippen LogP contribution in [0.2, 0.25) is 0 Å². The van der Waals surface area contributed by atoms with Crippen LogP contribution >= 0.6 is 0 Å². The van der Waals surface area contributed by atoms with Gasteiger partial charge in [0.05, 0.1) is 4.90 Å². The van der Waals surface area contributed by atoms with Crippen LogP contribution in [-0.2, 0) is 14.8 Å². The highest BCUT2D eigenvalue weighted by Gasteiger charge is 2.37. The Morgan fingerprint density at radius 3 is 2.58 bits per heavy atom. The lowest BCUT2D eigenvalue weighted by Gasteiger charge is -2.33. The number of amides is 1. The summed E-state index contributed by atoms with van der Waals surface area (Å²) in [6, 6.07) is 11.4. The average Bonchev–Trinajstić information content (AvgIpc) is 2.64. The van der Waals surface area contributed by atoms with Gasteiger partial charge in [-0.25, -0.2) is 12.8 Å². The third kappa shape index (κ3) is 3.78. The van der Waals surface area contributed by atoms with E-state index < -0.39 is 16.1 Å². The number of nitrogens with zero attached hydrogens (tertiary/aromatic N) is 1. The number of anilines is 1. The van der Waals surface area contributed by atoms with Crippen LogP contribution in [0.25, 0.3) is 0 Å². The van der Waals surface area contributed by atoms with Crippen LogP contribution in [0.4, 0.5) is 10.1 Å². The van der Waals surface area contributed by atoms with E-state index in [1.165, 1.54) is 34.6 Å². The van der Waals surface area contributed by atoms with Crippen molar-refractivity contribution in [2.45, 2.75) is 37.1 Å². The molecule has 2 aromatic rings. The van der Waals surface area contributed by atoms with Crippen LogP contribution < -0.4 is 5.32 Å². The van der Waals surface area contributed by atoms with E-state index in [0.29, 0.717) is 30.6 Å². The molecule has 0 aliphatic carbocycles. The molecule has 1 aliphatic heterocycles. The zero-order chi connectivity index (χ0) is 18.7. The Morgan fingerprint density at radius 1 is 1.15 bits per heavy atom. The van der Waals surface area contributed by atoms with Crippen molar-refractivity contribution >= 4 is 21.6 Å². The summed E-state index contributed by atoms with van der Waals surface area (Å²) in [4.78, 5) is 13.0. The largest absolute Gasteiger partial charge is 0.324 e. The van der Waals surface area contributed by atoms with Gasteiger partial charge in [-0.05, 0) is 55.7 Å². The molecule has 1 fully saturated rings. The van der Waals surface area contributed by atoms with E-state index in [2.05, 4.69) is 5.32 Å². The summed E-state index contributed by atoms with van der Waals surface area (Å²) in [6.45, 7) is 2.00. The smallest absolute Gasteiger partial charge is 0.243 e. The first-order valence-corrected chi connectivity index (χ1v) is 9.97. The number of aryl methyl sites for hydroxylation is 1. The minimum atomic E-state index is -3.75. The lowest BCUT2D eigenvalue weighted by atomic mass is 10.0. The molecule has 7 heteroatoms. The van der Waals surface area contributed by atoms with Crippen molar-refractivity contribution in [3.05, 3.63) is 59.9 Å². The molecule has 0 spiro atoms. The van der Waals surface area contributed by atoms with Crippen LogP contribution in [0.3, 0.4) is 0 Å². The van der Waals surface area contributed by atoms with Gasteiger partial charge < -0.3 is 5.32 Å². The van der Waals surface area contributed by atoms with Crippen molar-refractivity contribution < 1.29 is 17.6 Å². The summed E-state index contributed by atoms with van der Waals surface area (Å²) < 4.78 is 40.4. The predicted molar refractivity (Wildman–Crippen MR) is 97.7 cm³/mol. The van der Waals surface area contributed by atoms with Crippen LogP contribution in [0.1, 0.15) is 24.8 Å². The number of carbonyl (C=O) groups excluding carboxylic acids is 1. The maximum Gasteiger partial charge on any atom is 0.243 e. The maximum atomic E-state index is 13.2. The molecule has 2 aromatic carbocycles. The first kappa shape index (κ1) is 18.5. The van der Waals surface area contributed by atoms with Crippen molar-refractivity contribution in [2.24, 2.45) is 0 Å². The summed E-state index contributed by atoms with van der Waals surface area (Å²) in [5.74, 6) is -0.773. The topological polar surface area (TPSA) is 66.5 Å². The monoisotopic (exact) mass is 376 g/mol. The van der Waals surface area contributed by atoms with Gasteiger partial charge in [-0.1, -0.05) is 24.6 Å². The second-order valence-corrected chi connectivity index (χ2v) is 8.28. The number of benzene rings is 2. The maximum absolute atomic E-state index is 13.2. The third-order valence-electron chi connectivity index (χ3n) is 4.55. The Balaban J connectivity index is 1.86. The molecule has 1 saturated heterocycles. The molecule has 0 saturated carbocycles. The molecular weight excluding hydrogens is 355 g/mol. The Labute approximate surface area is 152 Å². The molecule has 0 radical (unpaired) electrons. The van der Waals surface area contributed by atoms with Gasteiger partial charge >= 0.3 is 0 Å². The quantitative estimate of drug-likeness (QED) is 0.890. The lowest BCUT2D eigenvalue weighted by Crippen LogP contribution is -2.49. The Morgan fingerprint density at radius 2 is 1.88 bits per heavy atom. The van der Waals surface area contributed by atoms with Crippen molar-refractivity contribution in [3.8, 4) is 0 Å². The number of nitrogens with one attached hydrogen (secondary N) is 1. The molecule has 1 amide bonds. The van der Waals surface area contributed by atoms with E-state index in [4.69, 9.17) is 0 Å². The lowest BCUT2D eigenvalue weighted by molar-refractivity contribution is -0.120. The summed E-state index contributed by atoms with van der Waals surface area (Å²) >= 11 is 0. The van der Waals surface area contributed by atoms with Gasteiger partial charge in [-0.15, -0.1) is 0 Å². The second kappa shape index (κ2) is 7.55. The normalized spacial score (nSPS) is 18.5. The van der Waals surface area contributed by atoms with Gasteiger partial charge in [0.2, 0.25) is 15.9 Å². The minimum absolute atomic E-state index is 0.178. The highest BCUT2D eigenvalue weighted by Crippen LogP contribution is 2.26. The van der Waals surface area contributed by atoms with E-state index in [1.54, 1.807) is 25.1 Å². The van der Waals surface area contributed by atoms with Crippen LogP contribution in [-0.4, -0.2) is 31.2 Å². The van der Waals surface area contributed by atoms with Crippen molar-refractivity contribution in [1.29, 1.82) is 0 Å². The number of carbonyl (C=O) groups is 1. The number of piperidine rings is 1. The average molecular weight is 376 g/mol. The zero-order valence-corrected chi connectivity index (χ0v) is 15.3. The van der Waals surface area contributed by atoms with Gasteiger partial charge in [0.15, 0.2) is 0 Å². The number of halogens is 1. The minimum Gasteiger partial charge on any atom is -0.324 e. The van der Waals surface area contributed by atoms with Gasteiger partial charge in [0.1, 0.15) is 11.9 Å². The fourth-order valence-corrected chi connectivity index (χ4v) is 4.84. The van der Waals surface area contributed by atoms with E-state index in [9.17, 15) is 17.6 Å². The number of sulfonamides is 1. The number of rotatable bonds is 4. The van der Waals surface area contributed by atoms with Gasteiger partial charge in [0.25, 0.3) is 0 Å². The summed E-state index contributed by atoms with van der Waals surface area (Å²) in [7, 11) is -3.75. The predicted octanol–water partition coefficient (Wildman–Crippen LogP) is 3.32. The van der Waals surface area contributed by atoms with E-state index >= 15 is 0 Å². The molecular formula is C19H21FN2O3S. The molecule has 0 unspecified atom stereocenters. The van der Waals surface area contributed by atoms with Crippen LogP contribution in [0.15, 0.2) is 53.4 Å². The molecule has 1 aliphatic rings. The molecule has 26 heavy (non-hydrogen) atoms. The Bertz CT molecular complexity index is 900. The Hall–Kier alpha value is -2.25. The first-order valence-electron chi connectivity index (χ1n) is 8.53. The van der Waals surface area contributed by atoms with Gasteiger partial charge in [-0.3, -0.25) is 4.79 Å². The van der Waals surface area contributed by atoms with Crippen molar-refractivity contribution in [1.82, 2.24) is 4.31 Å². The van der Waals surface area contributed by atoms with Crippen molar-refractivity contribution in [2.75, 3.05) is 11.9 Å². The van der Waals surface area contributed by atoms with Gasteiger partial charge in [0, 0.05) is 12.2 Å². The second-order valence-electron chi connectivity index (χ2n) is 6.39. The molecule has 138 valence electrons. The highest BCUT2D eigenvalue weighted by molar-refractivity contribution is 7.89. The third-order valence-corrected chi connectivity index (χ3v) is 6.47. The van der Waals surface area contributed by atoms with E-state index in [1.807, 2.05) is 0 Å². The van der Waals surface area contributed by atoms with Crippen LogP contribution in [0.5, 0.6) is 0 Å². The Kier molecular flexibility index (Phi) is 5.38.